The number of amides is 1. The summed E-state index contributed by atoms with van der Waals surface area (Å²) in [6.07, 6.45) is 1.67. The van der Waals surface area contributed by atoms with Crippen molar-refractivity contribution in [2.24, 2.45) is 5.92 Å². The predicted molar refractivity (Wildman–Crippen MR) is 114 cm³/mol. The minimum Gasteiger partial charge on any atom is -0.348 e. The number of carbonyl (C=O) groups excluding carboxylic acids is 1. The molecule has 3 aromatic rings. The van der Waals surface area contributed by atoms with Gasteiger partial charge < -0.3 is 10.2 Å². The molecule has 0 spiro atoms. The number of halogens is 1. The summed E-state index contributed by atoms with van der Waals surface area (Å²) in [6.45, 7) is 5.78. The lowest BCUT2D eigenvalue weighted by Crippen LogP contribution is -2.38. The third-order valence-electron chi connectivity index (χ3n) is 5.13. The van der Waals surface area contributed by atoms with Crippen LogP contribution in [0.1, 0.15) is 24.0 Å². The van der Waals surface area contributed by atoms with Gasteiger partial charge in [-0.2, -0.15) is 0 Å². The molecule has 1 aliphatic heterocycles. The van der Waals surface area contributed by atoms with Crippen LogP contribution in [0.25, 0.3) is 10.2 Å². The van der Waals surface area contributed by atoms with Gasteiger partial charge in [-0.1, -0.05) is 35.1 Å². The Morgan fingerprint density at radius 2 is 1.96 bits per heavy atom. The number of fused-ring (bicyclic) bond motifs is 1. The zero-order valence-corrected chi connectivity index (χ0v) is 17.0. The Labute approximate surface area is 168 Å². The summed E-state index contributed by atoms with van der Waals surface area (Å²) in [7, 11) is 0. The second kappa shape index (κ2) is 7.49. The van der Waals surface area contributed by atoms with E-state index in [1.54, 1.807) is 11.3 Å². The molecular weight excluding hydrogens is 378 g/mol. The van der Waals surface area contributed by atoms with Gasteiger partial charge in [0.1, 0.15) is 0 Å². The Balaban J connectivity index is 1.40. The van der Waals surface area contributed by atoms with Crippen molar-refractivity contribution in [1.29, 1.82) is 0 Å². The maximum absolute atomic E-state index is 12.7. The van der Waals surface area contributed by atoms with Crippen LogP contribution >= 0.6 is 22.9 Å². The van der Waals surface area contributed by atoms with E-state index < -0.39 is 0 Å². The minimum absolute atomic E-state index is 0.0243. The van der Waals surface area contributed by atoms with Gasteiger partial charge in [-0.05, 0) is 62.1 Å². The molecule has 1 saturated heterocycles. The number of benzene rings is 2. The number of aromatic nitrogens is 1. The van der Waals surface area contributed by atoms with Gasteiger partial charge in [0.15, 0.2) is 5.13 Å². The topological polar surface area (TPSA) is 45.2 Å². The number of aryl methyl sites for hydroxylation is 2. The van der Waals surface area contributed by atoms with Crippen molar-refractivity contribution in [1.82, 2.24) is 4.98 Å². The van der Waals surface area contributed by atoms with E-state index in [-0.39, 0.29) is 11.8 Å². The van der Waals surface area contributed by atoms with E-state index in [4.69, 9.17) is 16.6 Å². The number of hydrogen-bond donors (Lipinski definition) is 1. The summed E-state index contributed by atoms with van der Waals surface area (Å²) in [6, 6.07) is 11.9. The molecule has 1 fully saturated rings. The van der Waals surface area contributed by atoms with Crippen LogP contribution in [0.2, 0.25) is 5.02 Å². The molecule has 0 aliphatic carbocycles. The summed E-state index contributed by atoms with van der Waals surface area (Å²) in [5.74, 6) is 0.108. The van der Waals surface area contributed by atoms with E-state index in [2.05, 4.69) is 35.3 Å². The van der Waals surface area contributed by atoms with E-state index in [1.165, 1.54) is 10.3 Å². The molecule has 0 radical (unpaired) electrons. The van der Waals surface area contributed by atoms with Crippen molar-refractivity contribution in [2.45, 2.75) is 26.7 Å². The van der Waals surface area contributed by atoms with Crippen molar-refractivity contribution >= 4 is 49.9 Å². The largest absolute Gasteiger partial charge is 0.348 e. The second-order valence-electron chi connectivity index (χ2n) is 7.18. The van der Waals surface area contributed by atoms with Gasteiger partial charge in [-0.3, -0.25) is 4.79 Å². The molecule has 140 valence electrons. The van der Waals surface area contributed by atoms with Gasteiger partial charge in [-0.15, -0.1) is 0 Å². The molecule has 2 heterocycles. The maximum atomic E-state index is 12.7. The summed E-state index contributed by atoms with van der Waals surface area (Å²) in [5, 5.41) is 4.74. The quantitative estimate of drug-likeness (QED) is 0.639. The van der Waals surface area contributed by atoms with Crippen LogP contribution in [0.5, 0.6) is 0 Å². The van der Waals surface area contributed by atoms with Crippen molar-refractivity contribution in [3.63, 3.8) is 0 Å². The normalized spacial score (nSPS) is 15.3. The fourth-order valence-electron chi connectivity index (χ4n) is 3.45. The van der Waals surface area contributed by atoms with Gasteiger partial charge in [-0.25, -0.2) is 4.98 Å². The molecule has 0 saturated carbocycles. The molecule has 1 aromatic heterocycles. The van der Waals surface area contributed by atoms with Gasteiger partial charge in [0.05, 0.1) is 10.2 Å². The van der Waals surface area contributed by atoms with Gasteiger partial charge >= 0.3 is 0 Å². The smallest absolute Gasteiger partial charge is 0.227 e. The standard InChI is InChI=1S/C21H22ClN3OS/c1-13-3-6-17-19(11-13)27-21(24-17)25-9-7-15(8-10-25)20(26)23-18-12-16(22)5-4-14(18)2/h3-6,11-12,15H,7-10H2,1-2H3,(H,23,26). The number of carbonyl (C=O) groups is 1. The van der Waals surface area contributed by atoms with E-state index in [9.17, 15) is 4.79 Å². The SMILES string of the molecule is Cc1ccc2nc(N3CCC(C(=O)Nc4cc(Cl)ccc4C)CC3)sc2c1. The number of rotatable bonds is 3. The molecule has 6 heteroatoms. The monoisotopic (exact) mass is 399 g/mol. The Bertz CT molecular complexity index is 992. The Kier molecular flexibility index (Phi) is 5.06. The highest BCUT2D eigenvalue weighted by Gasteiger charge is 2.26. The Morgan fingerprint density at radius 3 is 2.74 bits per heavy atom. The molecule has 4 rings (SSSR count). The first-order valence-corrected chi connectivity index (χ1v) is 10.4. The van der Waals surface area contributed by atoms with E-state index >= 15 is 0 Å². The van der Waals surface area contributed by atoms with E-state index in [0.717, 1.165) is 47.8 Å². The highest BCUT2D eigenvalue weighted by Crippen LogP contribution is 2.32. The van der Waals surface area contributed by atoms with Crippen LogP contribution in [-0.2, 0) is 4.79 Å². The number of nitrogens with zero attached hydrogens (tertiary/aromatic N) is 2. The van der Waals surface area contributed by atoms with Crippen molar-refractivity contribution in [3.05, 3.63) is 52.5 Å². The average molecular weight is 400 g/mol. The Hall–Kier alpha value is -2.11. The van der Waals surface area contributed by atoms with Crippen LogP contribution in [-0.4, -0.2) is 24.0 Å². The van der Waals surface area contributed by atoms with Crippen LogP contribution < -0.4 is 10.2 Å². The molecule has 1 aliphatic rings. The van der Waals surface area contributed by atoms with E-state index in [1.807, 2.05) is 25.1 Å². The van der Waals surface area contributed by atoms with Gasteiger partial charge in [0.2, 0.25) is 5.91 Å². The lowest BCUT2D eigenvalue weighted by atomic mass is 9.96. The number of anilines is 2. The van der Waals surface area contributed by atoms with Crippen LogP contribution in [0.4, 0.5) is 10.8 Å². The molecule has 2 aromatic carbocycles. The molecule has 27 heavy (non-hydrogen) atoms. The summed E-state index contributed by atoms with van der Waals surface area (Å²) in [5.41, 5.74) is 4.13. The van der Waals surface area contributed by atoms with E-state index in [0.29, 0.717) is 5.02 Å². The van der Waals surface area contributed by atoms with Crippen molar-refractivity contribution in [3.8, 4) is 0 Å². The molecule has 0 atom stereocenters. The van der Waals surface area contributed by atoms with Gasteiger partial charge in [0.25, 0.3) is 0 Å². The van der Waals surface area contributed by atoms with Crippen LogP contribution in [0.15, 0.2) is 36.4 Å². The zero-order valence-electron chi connectivity index (χ0n) is 15.5. The van der Waals surface area contributed by atoms with Crippen molar-refractivity contribution in [2.75, 3.05) is 23.3 Å². The summed E-state index contributed by atoms with van der Waals surface area (Å²) in [4.78, 5) is 19.7. The Morgan fingerprint density at radius 1 is 1.19 bits per heavy atom. The first-order valence-electron chi connectivity index (χ1n) is 9.19. The number of piperidine rings is 1. The lowest BCUT2D eigenvalue weighted by Gasteiger charge is -2.31. The number of hydrogen-bond acceptors (Lipinski definition) is 4. The average Bonchev–Trinajstić information content (AvgIpc) is 3.08. The molecule has 1 amide bonds. The third-order valence-corrected chi connectivity index (χ3v) is 6.44. The summed E-state index contributed by atoms with van der Waals surface area (Å²) >= 11 is 7.79. The highest BCUT2D eigenvalue weighted by atomic mass is 35.5. The molecule has 4 nitrogen and oxygen atoms in total. The third kappa shape index (κ3) is 3.94. The van der Waals surface area contributed by atoms with Crippen molar-refractivity contribution < 1.29 is 4.79 Å². The number of nitrogens with one attached hydrogen (secondary N) is 1. The fourth-order valence-corrected chi connectivity index (χ4v) is 4.74. The van der Waals surface area contributed by atoms with Gasteiger partial charge in [0, 0.05) is 29.7 Å². The number of thiazole rings is 1. The first kappa shape index (κ1) is 18.3. The molecular formula is C21H22ClN3OS. The fraction of sp³-hybridized carbons (Fsp3) is 0.333. The first-order chi connectivity index (χ1) is 13.0. The maximum Gasteiger partial charge on any atom is 0.227 e. The van der Waals surface area contributed by atoms with Crippen LogP contribution in [0.3, 0.4) is 0 Å². The second-order valence-corrected chi connectivity index (χ2v) is 8.62. The molecule has 0 bridgehead atoms. The minimum atomic E-state index is 0.0243. The highest BCUT2D eigenvalue weighted by molar-refractivity contribution is 7.22. The molecule has 1 N–H and O–H groups in total. The lowest BCUT2D eigenvalue weighted by molar-refractivity contribution is -0.120. The molecule has 0 unspecified atom stereocenters. The summed E-state index contributed by atoms with van der Waals surface area (Å²) < 4.78 is 1.22. The predicted octanol–water partition coefficient (Wildman–Crippen LogP) is 5.42. The zero-order chi connectivity index (χ0) is 19.0. The van der Waals surface area contributed by atoms with Crippen LogP contribution in [0, 0.1) is 19.8 Å².